The van der Waals surface area contributed by atoms with E-state index in [4.69, 9.17) is 13.9 Å². The number of hydrogen-bond donors (Lipinski definition) is 1. The summed E-state index contributed by atoms with van der Waals surface area (Å²) in [5.41, 5.74) is 0.551. The van der Waals surface area contributed by atoms with Crippen LogP contribution in [-0.4, -0.2) is 50.0 Å². The lowest BCUT2D eigenvalue weighted by molar-refractivity contribution is -0.148. The van der Waals surface area contributed by atoms with Gasteiger partial charge in [0.15, 0.2) is 6.61 Å². The van der Waals surface area contributed by atoms with Gasteiger partial charge in [0.25, 0.3) is 5.91 Å². The highest BCUT2D eigenvalue weighted by Crippen LogP contribution is 2.16. The van der Waals surface area contributed by atoms with Gasteiger partial charge in [-0.15, -0.1) is 0 Å². The van der Waals surface area contributed by atoms with Crippen LogP contribution >= 0.6 is 0 Å². The number of methoxy groups -OCH3 is 1. The summed E-state index contributed by atoms with van der Waals surface area (Å²) in [7, 11) is 2.97. The topological polar surface area (TPSA) is 98.1 Å². The maximum Gasteiger partial charge on any atom is 0.331 e. The van der Waals surface area contributed by atoms with Gasteiger partial charge in [0.05, 0.1) is 19.9 Å². The van der Waals surface area contributed by atoms with Crippen LogP contribution in [0.3, 0.4) is 0 Å². The molecule has 0 radical (unpaired) electrons. The average Bonchev–Trinajstić information content (AvgIpc) is 3.18. The molecule has 1 aromatic carbocycles. The lowest BCUT2D eigenvalue weighted by atomic mass is 10.3. The summed E-state index contributed by atoms with van der Waals surface area (Å²) >= 11 is 0. The summed E-state index contributed by atoms with van der Waals surface area (Å²) in [5, 5.41) is 2.66. The van der Waals surface area contributed by atoms with Crippen LogP contribution in [0.25, 0.3) is 6.08 Å². The monoisotopic (exact) mass is 372 g/mol. The maximum atomic E-state index is 12.0. The summed E-state index contributed by atoms with van der Waals surface area (Å²) < 4.78 is 15.0. The van der Waals surface area contributed by atoms with Crippen molar-refractivity contribution in [1.82, 2.24) is 4.90 Å². The highest BCUT2D eigenvalue weighted by molar-refractivity contribution is 5.95. The van der Waals surface area contributed by atoms with Crippen molar-refractivity contribution >= 4 is 29.5 Å². The molecule has 0 atom stereocenters. The first-order chi connectivity index (χ1) is 13.0. The van der Waals surface area contributed by atoms with Crippen LogP contribution in [0.4, 0.5) is 5.69 Å². The number of nitrogens with one attached hydrogen (secondary N) is 1. The number of likely N-dealkylation sites (N-methyl/N-ethyl adjacent to an activating group) is 1. The van der Waals surface area contributed by atoms with Crippen LogP contribution in [-0.2, 0) is 19.1 Å². The molecule has 2 rings (SSSR count). The molecule has 8 heteroatoms. The van der Waals surface area contributed by atoms with Crippen molar-refractivity contribution in [2.45, 2.75) is 0 Å². The molecule has 0 bridgehead atoms. The molecule has 0 aliphatic rings. The molecule has 0 saturated carbocycles. The van der Waals surface area contributed by atoms with Gasteiger partial charge >= 0.3 is 5.97 Å². The SMILES string of the molecule is COc1cccc(NC(=O)CN(C)C(=O)COC(=O)/C=C/c2ccco2)c1. The number of carbonyl (C=O) groups is 3. The van der Waals surface area contributed by atoms with Crippen molar-refractivity contribution in [2.24, 2.45) is 0 Å². The maximum absolute atomic E-state index is 12.0. The third kappa shape index (κ3) is 6.69. The van der Waals surface area contributed by atoms with E-state index in [1.807, 2.05) is 0 Å². The molecule has 1 N–H and O–H groups in total. The van der Waals surface area contributed by atoms with E-state index < -0.39 is 18.5 Å². The molecule has 2 amide bonds. The summed E-state index contributed by atoms with van der Waals surface area (Å²) in [6.07, 6.45) is 4.06. The van der Waals surface area contributed by atoms with Gasteiger partial charge in [-0.25, -0.2) is 4.79 Å². The van der Waals surface area contributed by atoms with E-state index in [1.54, 1.807) is 36.4 Å². The van der Waals surface area contributed by atoms with E-state index in [9.17, 15) is 14.4 Å². The molecule has 0 unspecified atom stereocenters. The summed E-state index contributed by atoms with van der Waals surface area (Å²) in [4.78, 5) is 36.7. The first kappa shape index (κ1) is 19.8. The Bertz CT molecular complexity index is 813. The first-order valence-electron chi connectivity index (χ1n) is 8.04. The number of benzene rings is 1. The number of furan rings is 1. The number of nitrogens with zero attached hydrogens (tertiary/aromatic N) is 1. The van der Waals surface area contributed by atoms with E-state index >= 15 is 0 Å². The Kier molecular flexibility index (Phi) is 7.18. The van der Waals surface area contributed by atoms with Gasteiger partial charge in [0.2, 0.25) is 5.91 Å². The Balaban J connectivity index is 1.75. The van der Waals surface area contributed by atoms with Gasteiger partial charge in [-0.3, -0.25) is 9.59 Å². The molecule has 8 nitrogen and oxygen atoms in total. The zero-order valence-corrected chi connectivity index (χ0v) is 15.0. The fourth-order valence-electron chi connectivity index (χ4n) is 2.03. The average molecular weight is 372 g/mol. The summed E-state index contributed by atoms with van der Waals surface area (Å²) in [6, 6.07) is 10.2. The molecule has 1 heterocycles. The smallest absolute Gasteiger partial charge is 0.331 e. The van der Waals surface area contributed by atoms with Gasteiger partial charge < -0.3 is 24.1 Å². The molecule has 0 aliphatic heterocycles. The fourth-order valence-corrected chi connectivity index (χ4v) is 2.03. The zero-order chi connectivity index (χ0) is 19.6. The summed E-state index contributed by atoms with van der Waals surface area (Å²) in [5.74, 6) is -0.482. The van der Waals surface area contributed by atoms with Crippen molar-refractivity contribution < 1.29 is 28.3 Å². The van der Waals surface area contributed by atoms with E-state index in [2.05, 4.69) is 5.32 Å². The molecule has 142 valence electrons. The number of esters is 1. The minimum Gasteiger partial charge on any atom is -0.497 e. The second-order valence-corrected chi connectivity index (χ2v) is 5.49. The Morgan fingerprint density at radius 3 is 2.74 bits per heavy atom. The number of anilines is 1. The minimum absolute atomic E-state index is 0.185. The van der Waals surface area contributed by atoms with Crippen molar-refractivity contribution in [3.63, 3.8) is 0 Å². The number of amides is 2. The molecular formula is C19H20N2O6. The van der Waals surface area contributed by atoms with Crippen LogP contribution < -0.4 is 10.1 Å². The fraction of sp³-hybridized carbons (Fsp3) is 0.211. The van der Waals surface area contributed by atoms with E-state index in [0.717, 1.165) is 6.08 Å². The molecule has 0 aliphatic carbocycles. The highest BCUT2D eigenvalue weighted by Gasteiger charge is 2.14. The van der Waals surface area contributed by atoms with Crippen LogP contribution in [0.15, 0.2) is 53.2 Å². The molecule has 1 aromatic heterocycles. The van der Waals surface area contributed by atoms with E-state index in [1.165, 1.54) is 31.4 Å². The van der Waals surface area contributed by atoms with Crippen molar-refractivity contribution in [2.75, 3.05) is 32.6 Å². The van der Waals surface area contributed by atoms with Crippen LogP contribution in [0, 0.1) is 0 Å². The van der Waals surface area contributed by atoms with Crippen molar-refractivity contribution in [1.29, 1.82) is 0 Å². The van der Waals surface area contributed by atoms with Crippen molar-refractivity contribution in [3.05, 3.63) is 54.5 Å². The molecule has 2 aromatic rings. The largest absolute Gasteiger partial charge is 0.497 e. The third-order valence-corrected chi connectivity index (χ3v) is 3.42. The lowest BCUT2D eigenvalue weighted by Crippen LogP contribution is -2.37. The molecule has 0 fully saturated rings. The van der Waals surface area contributed by atoms with Crippen LogP contribution in [0.2, 0.25) is 0 Å². The molecular weight excluding hydrogens is 352 g/mol. The predicted octanol–water partition coefficient (Wildman–Crippen LogP) is 1.94. The van der Waals surface area contributed by atoms with Gasteiger partial charge in [-0.05, 0) is 30.3 Å². The predicted molar refractivity (Wildman–Crippen MR) is 98.0 cm³/mol. The molecule has 27 heavy (non-hydrogen) atoms. The number of carbonyl (C=O) groups excluding carboxylic acids is 3. The lowest BCUT2D eigenvalue weighted by Gasteiger charge is -2.16. The minimum atomic E-state index is -0.686. The summed E-state index contributed by atoms with van der Waals surface area (Å²) in [6.45, 7) is -0.653. The number of hydrogen-bond acceptors (Lipinski definition) is 6. The Labute approximate surface area is 156 Å². The second-order valence-electron chi connectivity index (χ2n) is 5.49. The standard InChI is InChI=1S/C19H20N2O6/c1-21(12-17(22)20-14-5-3-6-16(11-14)25-2)18(23)13-27-19(24)9-8-15-7-4-10-26-15/h3-11H,12-13H2,1-2H3,(H,20,22)/b9-8+. The highest BCUT2D eigenvalue weighted by atomic mass is 16.5. The van der Waals surface area contributed by atoms with Gasteiger partial charge in [0.1, 0.15) is 11.5 Å². The zero-order valence-electron chi connectivity index (χ0n) is 15.0. The van der Waals surface area contributed by atoms with Gasteiger partial charge in [-0.2, -0.15) is 0 Å². The van der Waals surface area contributed by atoms with Crippen molar-refractivity contribution in [3.8, 4) is 5.75 Å². The van der Waals surface area contributed by atoms with Gasteiger partial charge in [0, 0.05) is 24.9 Å². The quantitative estimate of drug-likeness (QED) is 0.562. The van der Waals surface area contributed by atoms with E-state index in [0.29, 0.717) is 17.2 Å². The molecule has 0 spiro atoms. The van der Waals surface area contributed by atoms with E-state index in [-0.39, 0.29) is 12.5 Å². The Morgan fingerprint density at radius 1 is 1.22 bits per heavy atom. The van der Waals surface area contributed by atoms with Crippen LogP contribution in [0.1, 0.15) is 5.76 Å². The Morgan fingerprint density at radius 2 is 2.04 bits per heavy atom. The second kappa shape index (κ2) is 9.81. The normalized spacial score (nSPS) is 10.4. The molecule has 0 saturated heterocycles. The Hall–Kier alpha value is -3.55. The first-order valence-corrected chi connectivity index (χ1v) is 8.04. The van der Waals surface area contributed by atoms with Crippen LogP contribution in [0.5, 0.6) is 5.75 Å². The van der Waals surface area contributed by atoms with Gasteiger partial charge in [-0.1, -0.05) is 6.07 Å². The third-order valence-electron chi connectivity index (χ3n) is 3.42. The number of ether oxygens (including phenoxy) is 2. The number of rotatable bonds is 8.